The topological polar surface area (TPSA) is 115 Å². The van der Waals surface area contributed by atoms with Crippen LogP contribution < -0.4 is 10.6 Å². The number of anilines is 1. The molecule has 0 aliphatic carbocycles. The van der Waals surface area contributed by atoms with Gasteiger partial charge in [-0.3, -0.25) is 9.78 Å². The van der Waals surface area contributed by atoms with Crippen LogP contribution in [-0.4, -0.2) is 70.5 Å². The molecule has 2 aliphatic rings. The third kappa shape index (κ3) is 4.54. The summed E-state index contributed by atoms with van der Waals surface area (Å²) in [4.78, 5) is 44.2. The summed E-state index contributed by atoms with van der Waals surface area (Å²) in [6, 6.07) is 3.07. The lowest BCUT2D eigenvalue weighted by Crippen LogP contribution is -2.58. The molecule has 4 aromatic heterocycles. The minimum absolute atomic E-state index is 0.00927. The van der Waals surface area contributed by atoms with E-state index in [1.54, 1.807) is 19.3 Å². The van der Waals surface area contributed by atoms with Crippen molar-refractivity contribution in [1.29, 1.82) is 0 Å². The molecule has 11 nitrogen and oxygen atoms in total. The van der Waals surface area contributed by atoms with Crippen molar-refractivity contribution in [3.63, 3.8) is 0 Å². The zero-order valence-electron chi connectivity index (χ0n) is 24.0. The molecule has 1 fully saturated rings. The first-order valence-corrected chi connectivity index (χ1v) is 14.2. The van der Waals surface area contributed by atoms with E-state index in [1.807, 2.05) is 43.6 Å². The maximum absolute atomic E-state index is 16.0. The van der Waals surface area contributed by atoms with Gasteiger partial charge in [0, 0.05) is 38.3 Å². The molecule has 0 radical (unpaired) electrons. The lowest BCUT2D eigenvalue weighted by molar-refractivity contribution is -0.131. The normalized spacial score (nSPS) is 19.2. The minimum Gasteiger partial charge on any atom is -0.349 e. The van der Waals surface area contributed by atoms with Crippen LogP contribution in [0.4, 0.5) is 10.2 Å². The second-order valence-electron chi connectivity index (χ2n) is 11.4. The number of hydrogen-bond acceptors (Lipinski definition) is 8. The van der Waals surface area contributed by atoms with Crippen molar-refractivity contribution in [2.45, 2.75) is 78.3 Å². The number of halogens is 1. The molecule has 0 spiro atoms. The van der Waals surface area contributed by atoms with E-state index >= 15 is 4.39 Å². The van der Waals surface area contributed by atoms with Crippen LogP contribution in [0.15, 0.2) is 29.3 Å². The van der Waals surface area contributed by atoms with Gasteiger partial charge in [0.15, 0.2) is 17.3 Å². The Kier molecular flexibility index (Phi) is 6.79. The van der Waals surface area contributed by atoms with Crippen LogP contribution in [0.3, 0.4) is 0 Å². The van der Waals surface area contributed by atoms with Crippen LogP contribution in [0.1, 0.15) is 70.3 Å². The number of rotatable bonds is 2. The van der Waals surface area contributed by atoms with Gasteiger partial charge >= 0.3 is 5.69 Å². The number of aromatic nitrogens is 7. The van der Waals surface area contributed by atoms with Gasteiger partial charge in [-0.05, 0) is 63.1 Å². The standard InChI is InChI=1S/C29H34FN9O2/c1-16(2)24-25-20(10-11-31-24)8-6-7-9-21-13-32-35-39(21)28-23(30)12-22-26(34-29(41)38(25)27(22)33-28)37-15-17(3)36(19(5)40)14-18(37)4/h10-13,16-18H,6-9,14-15H2,1-5H3/t17-,18+/m1/s1. The summed E-state index contributed by atoms with van der Waals surface area (Å²) in [7, 11) is 0. The van der Waals surface area contributed by atoms with E-state index in [0.717, 1.165) is 36.2 Å². The van der Waals surface area contributed by atoms with Crippen molar-refractivity contribution in [1.82, 2.24) is 39.4 Å². The number of amides is 1. The molecule has 2 aliphatic heterocycles. The van der Waals surface area contributed by atoms with Crippen molar-refractivity contribution >= 4 is 22.8 Å². The lowest BCUT2D eigenvalue weighted by atomic mass is 9.99. The summed E-state index contributed by atoms with van der Waals surface area (Å²) in [6.07, 6.45) is 6.48. The number of carbonyl (C=O) groups excluding carboxylic acids is 1. The quantitative estimate of drug-likeness (QED) is 0.367. The van der Waals surface area contributed by atoms with E-state index in [9.17, 15) is 9.59 Å². The third-order valence-corrected chi connectivity index (χ3v) is 8.20. The van der Waals surface area contributed by atoms with Gasteiger partial charge in [0.25, 0.3) is 0 Å². The number of pyridine rings is 2. The first-order valence-electron chi connectivity index (χ1n) is 14.2. The Labute approximate surface area is 237 Å². The lowest BCUT2D eigenvalue weighted by Gasteiger charge is -2.44. The summed E-state index contributed by atoms with van der Waals surface area (Å²) >= 11 is 0. The van der Waals surface area contributed by atoms with E-state index in [1.165, 1.54) is 15.3 Å². The Balaban J connectivity index is 1.68. The number of fused-ring (bicyclic) bond motifs is 5. The van der Waals surface area contributed by atoms with Crippen LogP contribution >= 0.6 is 0 Å². The van der Waals surface area contributed by atoms with Crippen LogP contribution in [0, 0.1) is 5.82 Å². The molecular formula is C29H34FN9O2. The van der Waals surface area contributed by atoms with Gasteiger partial charge in [-0.15, -0.1) is 5.10 Å². The fraction of sp³-hybridized carbons (Fsp3) is 0.483. The fourth-order valence-electron chi connectivity index (χ4n) is 6.15. The first kappa shape index (κ1) is 27.0. The molecule has 0 N–H and O–H groups in total. The molecule has 0 unspecified atom stereocenters. The third-order valence-electron chi connectivity index (χ3n) is 8.20. The molecule has 2 atom stereocenters. The van der Waals surface area contributed by atoms with Crippen LogP contribution in [0.5, 0.6) is 0 Å². The molecule has 1 amide bonds. The maximum atomic E-state index is 16.0. The second-order valence-corrected chi connectivity index (χ2v) is 11.4. The van der Waals surface area contributed by atoms with Gasteiger partial charge in [0.05, 0.1) is 28.7 Å². The smallest absolute Gasteiger partial charge is 0.349 e. The molecule has 214 valence electrons. The van der Waals surface area contributed by atoms with Crippen LogP contribution in [0.25, 0.3) is 22.5 Å². The van der Waals surface area contributed by atoms with E-state index in [2.05, 4.69) is 20.3 Å². The Morgan fingerprint density at radius 2 is 1.85 bits per heavy atom. The summed E-state index contributed by atoms with van der Waals surface area (Å²) in [5.74, 6) is -0.251. The zero-order chi connectivity index (χ0) is 29.0. The summed E-state index contributed by atoms with van der Waals surface area (Å²) in [6.45, 7) is 10.5. The molecule has 4 aromatic rings. The van der Waals surface area contributed by atoms with Gasteiger partial charge in [0.2, 0.25) is 5.91 Å². The monoisotopic (exact) mass is 559 g/mol. The highest BCUT2D eigenvalue weighted by Gasteiger charge is 2.34. The van der Waals surface area contributed by atoms with Gasteiger partial charge < -0.3 is 9.80 Å². The highest BCUT2D eigenvalue weighted by Crippen LogP contribution is 2.33. The van der Waals surface area contributed by atoms with E-state index in [4.69, 9.17) is 4.98 Å². The Bertz CT molecular complexity index is 1710. The molecule has 12 heteroatoms. The highest BCUT2D eigenvalue weighted by atomic mass is 19.1. The molecule has 1 saturated heterocycles. The summed E-state index contributed by atoms with van der Waals surface area (Å²) < 4.78 is 18.9. The SMILES string of the molecule is CC(=O)N1C[C@H](C)N(c2nc(=O)n3c4nc(c(F)cc24)-n2nncc2CCCCc2ccnc(C(C)C)c2-3)C[C@H]1C. The molecule has 41 heavy (non-hydrogen) atoms. The van der Waals surface area contributed by atoms with Crippen molar-refractivity contribution < 1.29 is 9.18 Å². The Morgan fingerprint density at radius 1 is 1.07 bits per heavy atom. The van der Waals surface area contributed by atoms with Crippen LogP contribution in [0.2, 0.25) is 0 Å². The summed E-state index contributed by atoms with van der Waals surface area (Å²) in [5, 5.41) is 8.60. The predicted molar refractivity (Wildman–Crippen MR) is 152 cm³/mol. The van der Waals surface area contributed by atoms with E-state index in [0.29, 0.717) is 36.4 Å². The Hall–Kier alpha value is -4.22. The number of piperazine rings is 1. The molecule has 0 aromatic carbocycles. The minimum atomic E-state index is -0.590. The fourth-order valence-corrected chi connectivity index (χ4v) is 6.15. The van der Waals surface area contributed by atoms with E-state index < -0.39 is 11.5 Å². The van der Waals surface area contributed by atoms with Crippen LogP contribution in [-0.2, 0) is 17.6 Å². The van der Waals surface area contributed by atoms with Crippen molar-refractivity contribution in [2.24, 2.45) is 0 Å². The highest BCUT2D eigenvalue weighted by molar-refractivity contribution is 5.89. The molecular weight excluding hydrogens is 525 g/mol. The van der Waals surface area contributed by atoms with Gasteiger partial charge in [-0.2, -0.15) is 9.67 Å². The second kappa shape index (κ2) is 10.3. The van der Waals surface area contributed by atoms with E-state index in [-0.39, 0.29) is 35.4 Å². The number of hydrogen-bond donors (Lipinski definition) is 0. The summed E-state index contributed by atoms with van der Waals surface area (Å²) in [5.41, 5.74) is 2.90. The predicted octanol–water partition coefficient (Wildman–Crippen LogP) is 3.34. The van der Waals surface area contributed by atoms with Crippen molar-refractivity contribution in [3.05, 3.63) is 57.8 Å². The van der Waals surface area contributed by atoms with Gasteiger partial charge in [-0.1, -0.05) is 19.1 Å². The molecule has 2 bridgehead atoms. The largest absolute Gasteiger partial charge is 0.355 e. The molecule has 6 rings (SSSR count). The number of nitrogens with zero attached hydrogens (tertiary/aromatic N) is 9. The maximum Gasteiger partial charge on any atom is 0.355 e. The van der Waals surface area contributed by atoms with Crippen molar-refractivity contribution in [2.75, 3.05) is 18.0 Å². The number of carbonyl (C=O) groups is 1. The molecule has 6 heterocycles. The van der Waals surface area contributed by atoms with Gasteiger partial charge in [0.1, 0.15) is 5.82 Å². The molecule has 0 saturated carbocycles. The Morgan fingerprint density at radius 3 is 2.61 bits per heavy atom. The zero-order valence-corrected chi connectivity index (χ0v) is 24.0. The first-order chi connectivity index (χ1) is 19.7. The average molecular weight is 560 g/mol. The van der Waals surface area contributed by atoms with Crippen molar-refractivity contribution in [3.8, 4) is 11.5 Å². The number of aryl methyl sites for hydroxylation is 2. The average Bonchev–Trinajstić information content (AvgIpc) is 3.39. The van der Waals surface area contributed by atoms with Gasteiger partial charge in [-0.25, -0.2) is 18.7 Å².